The molecule has 1 amide bonds. The van der Waals surface area contributed by atoms with Gasteiger partial charge < -0.3 is 25.0 Å². The highest BCUT2D eigenvalue weighted by Gasteiger charge is 2.30. The molecular weight excluding hydrogens is 454 g/mol. The zero-order chi connectivity index (χ0) is 24.1. The summed E-state index contributed by atoms with van der Waals surface area (Å²) in [5, 5.41) is 22.6. The van der Waals surface area contributed by atoms with E-state index in [-0.39, 0.29) is 64.8 Å². The van der Waals surface area contributed by atoms with Crippen LogP contribution in [0, 0.1) is 0 Å². The van der Waals surface area contributed by atoms with Crippen molar-refractivity contribution in [2.24, 2.45) is 0 Å². The average molecular weight is 478 g/mol. The zero-order valence-electron chi connectivity index (χ0n) is 18.0. The van der Waals surface area contributed by atoms with Crippen LogP contribution in [0.5, 0.6) is 11.5 Å². The summed E-state index contributed by atoms with van der Waals surface area (Å²) in [6.07, 6.45) is 2.97. The van der Waals surface area contributed by atoms with Crippen molar-refractivity contribution in [1.82, 2.24) is 5.32 Å². The van der Waals surface area contributed by atoms with Crippen molar-refractivity contribution in [3.63, 3.8) is 0 Å². The number of Topliss-reactive ketones (excluding diaryl/α,β-unsaturated/α-hetero) is 1. The number of rotatable bonds is 1. The molecule has 0 aromatic heterocycles. The molecule has 3 N–H and O–H groups in total. The number of hydrogen-bond acceptors (Lipinski definition) is 8. The summed E-state index contributed by atoms with van der Waals surface area (Å²) in [7, 11) is 1.29. The van der Waals surface area contributed by atoms with Crippen molar-refractivity contribution in [2.75, 3.05) is 13.7 Å². The smallest absolute Gasteiger partial charge is 0.342 e. The van der Waals surface area contributed by atoms with Gasteiger partial charge in [-0.3, -0.25) is 14.4 Å². The summed E-state index contributed by atoms with van der Waals surface area (Å²) in [5.74, 6) is -3.12. The van der Waals surface area contributed by atoms with E-state index in [1.165, 1.54) is 7.11 Å². The van der Waals surface area contributed by atoms with Gasteiger partial charge in [-0.2, -0.15) is 0 Å². The Morgan fingerprint density at radius 3 is 2.42 bits per heavy atom. The van der Waals surface area contributed by atoms with E-state index in [9.17, 15) is 29.4 Å². The Labute approximate surface area is 195 Å². The number of nitrogens with one attached hydrogen (secondary N) is 1. The van der Waals surface area contributed by atoms with Gasteiger partial charge in [-0.25, -0.2) is 4.79 Å². The maximum Gasteiger partial charge on any atom is 0.342 e. The number of cyclic esters (lactones) is 1. The number of amides is 1. The van der Waals surface area contributed by atoms with E-state index in [0.29, 0.717) is 25.7 Å². The molecule has 0 fully saturated rings. The molecule has 176 valence electrons. The first kappa shape index (κ1) is 24.3. The molecule has 0 unspecified atom stereocenters. The van der Waals surface area contributed by atoms with E-state index in [0.717, 1.165) is 12.1 Å². The summed E-state index contributed by atoms with van der Waals surface area (Å²) in [6.45, 7) is -0.00657. The number of halogens is 1. The van der Waals surface area contributed by atoms with Gasteiger partial charge in [0.05, 0.1) is 24.4 Å². The summed E-state index contributed by atoms with van der Waals surface area (Å²) in [4.78, 5) is 50.2. The van der Waals surface area contributed by atoms with Crippen molar-refractivity contribution < 1.29 is 38.9 Å². The highest BCUT2D eigenvalue weighted by atomic mass is 35.5. The fraction of sp³-hybridized carbons (Fsp3) is 0.391. The molecule has 0 saturated carbocycles. The first-order chi connectivity index (χ1) is 15.7. The number of aromatic hydroxyl groups is 2. The number of carbonyl (C=O) groups excluding carboxylic acids is 4. The van der Waals surface area contributed by atoms with Gasteiger partial charge in [-0.05, 0) is 44.1 Å². The van der Waals surface area contributed by atoms with Crippen molar-refractivity contribution in [3.05, 3.63) is 45.3 Å². The van der Waals surface area contributed by atoms with Crippen LogP contribution in [-0.4, -0.2) is 47.4 Å². The second kappa shape index (κ2) is 10.5. The summed E-state index contributed by atoms with van der Waals surface area (Å²) >= 11 is 6.17. The average Bonchev–Trinajstić information content (AvgIpc) is 2.76. The lowest BCUT2D eigenvalue weighted by molar-refractivity contribution is -0.123. The largest absolute Gasteiger partial charge is 0.507 e. The van der Waals surface area contributed by atoms with Crippen LogP contribution in [0.2, 0.25) is 5.02 Å². The quantitative estimate of drug-likeness (QED) is 0.414. The van der Waals surface area contributed by atoms with Gasteiger partial charge in [-0.1, -0.05) is 11.6 Å². The fourth-order valence-corrected chi connectivity index (χ4v) is 4.05. The molecule has 0 radical (unpaired) electrons. The second-order valence-electron chi connectivity index (χ2n) is 7.69. The summed E-state index contributed by atoms with van der Waals surface area (Å²) in [5.41, 5.74) is 0.164. The molecule has 2 aliphatic rings. The first-order valence-corrected chi connectivity index (χ1v) is 10.9. The van der Waals surface area contributed by atoms with Gasteiger partial charge in [0.25, 0.3) is 0 Å². The molecule has 1 aliphatic heterocycles. The lowest BCUT2D eigenvalue weighted by Gasteiger charge is -2.18. The van der Waals surface area contributed by atoms with E-state index < -0.39 is 29.2 Å². The summed E-state index contributed by atoms with van der Waals surface area (Å²) < 4.78 is 10.4. The van der Waals surface area contributed by atoms with Gasteiger partial charge in [0.2, 0.25) is 17.5 Å². The predicted molar refractivity (Wildman–Crippen MR) is 117 cm³/mol. The molecule has 1 aromatic rings. The number of phenolic OH excluding ortho intramolecular Hbond substituents is 2. The minimum atomic E-state index is -0.794. The van der Waals surface area contributed by atoms with Crippen LogP contribution < -0.4 is 5.32 Å². The Hall–Kier alpha value is -3.33. The highest BCUT2D eigenvalue weighted by molar-refractivity contribution is 6.33. The van der Waals surface area contributed by atoms with Crippen LogP contribution in [0.15, 0.2) is 29.2 Å². The third kappa shape index (κ3) is 5.36. The van der Waals surface area contributed by atoms with Crippen LogP contribution in [0.4, 0.5) is 0 Å². The van der Waals surface area contributed by atoms with Crippen LogP contribution in [0.1, 0.15) is 54.4 Å². The Kier molecular flexibility index (Phi) is 7.75. The number of allylic oxidation sites excluding steroid dienone is 2. The third-order valence-corrected chi connectivity index (χ3v) is 5.85. The van der Waals surface area contributed by atoms with Crippen LogP contribution in [-0.2, 0) is 30.3 Å². The number of esters is 1. The molecule has 3 rings (SSSR count). The normalized spacial score (nSPS) is 18.7. The maximum absolute atomic E-state index is 12.8. The molecule has 0 spiro atoms. The van der Waals surface area contributed by atoms with E-state index in [4.69, 9.17) is 21.1 Å². The Bertz CT molecular complexity index is 1070. The summed E-state index contributed by atoms with van der Waals surface area (Å²) in [6, 6.07) is 0.980. The topological polar surface area (TPSA) is 139 Å². The highest BCUT2D eigenvalue weighted by Crippen LogP contribution is 2.37. The molecular formula is C23H24ClNO8. The van der Waals surface area contributed by atoms with Gasteiger partial charge in [0.1, 0.15) is 17.1 Å². The zero-order valence-corrected chi connectivity index (χ0v) is 18.8. The minimum absolute atomic E-state index is 0.00657. The van der Waals surface area contributed by atoms with Crippen LogP contribution >= 0.6 is 11.6 Å². The maximum atomic E-state index is 12.8. The van der Waals surface area contributed by atoms with Gasteiger partial charge in [0.15, 0.2) is 5.76 Å². The fourth-order valence-electron chi connectivity index (χ4n) is 3.81. The molecule has 1 aromatic carbocycles. The SMILES string of the molecule is COC1=C2CCCCOC(=O)c3c(O)cc(O)c(Cl)c3CCCCC(=O)NC(=CC1=O)C2=O. The lowest BCUT2D eigenvalue weighted by Crippen LogP contribution is -2.32. The number of phenols is 2. The van der Waals surface area contributed by atoms with Gasteiger partial charge >= 0.3 is 5.97 Å². The van der Waals surface area contributed by atoms with Gasteiger partial charge in [-0.15, -0.1) is 0 Å². The van der Waals surface area contributed by atoms with E-state index in [1.54, 1.807) is 0 Å². The van der Waals surface area contributed by atoms with Crippen LogP contribution in [0.3, 0.4) is 0 Å². The van der Waals surface area contributed by atoms with Crippen molar-refractivity contribution in [2.45, 2.75) is 44.9 Å². The Morgan fingerprint density at radius 1 is 1.00 bits per heavy atom. The molecule has 1 heterocycles. The first-order valence-electron chi connectivity index (χ1n) is 10.5. The molecule has 0 saturated heterocycles. The molecule has 10 heteroatoms. The standard InChI is InChI=1S/C23H24ClNO8/c1-32-22-13-7-4-5-9-33-23(31)19-12(20(24)16(27)11-15(19)26)6-2-3-8-18(29)25-14(21(13)30)10-17(22)28/h10-11,26-27H,2-9H2,1H3,(H,25,29). The Balaban J connectivity index is 1.87. The number of fused-ring (bicyclic) bond motifs is 3. The number of carbonyl (C=O) groups is 4. The minimum Gasteiger partial charge on any atom is -0.507 e. The number of ketones is 2. The number of benzene rings is 1. The van der Waals surface area contributed by atoms with Crippen molar-refractivity contribution in [1.29, 1.82) is 0 Å². The third-order valence-electron chi connectivity index (χ3n) is 5.43. The van der Waals surface area contributed by atoms with Gasteiger partial charge in [0, 0.05) is 24.1 Å². The van der Waals surface area contributed by atoms with E-state index in [1.807, 2.05) is 0 Å². The number of ether oxygens (including phenoxy) is 2. The second-order valence-corrected chi connectivity index (χ2v) is 8.07. The Morgan fingerprint density at radius 2 is 1.70 bits per heavy atom. The monoisotopic (exact) mass is 477 g/mol. The van der Waals surface area contributed by atoms with Crippen molar-refractivity contribution in [3.8, 4) is 11.5 Å². The predicted octanol–water partition coefficient (Wildman–Crippen LogP) is 2.86. The number of hydrogen-bond donors (Lipinski definition) is 3. The van der Waals surface area contributed by atoms with Crippen molar-refractivity contribution >= 4 is 35.0 Å². The van der Waals surface area contributed by atoms with E-state index >= 15 is 0 Å². The lowest BCUT2D eigenvalue weighted by atomic mass is 9.94. The molecule has 0 atom stereocenters. The number of methoxy groups -OCH3 is 1. The van der Waals surface area contributed by atoms with E-state index in [2.05, 4.69) is 5.32 Å². The molecule has 33 heavy (non-hydrogen) atoms. The molecule has 9 nitrogen and oxygen atoms in total. The molecule has 2 bridgehead atoms. The van der Waals surface area contributed by atoms with Crippen LogP contribution in [0.25, 0.3) is 0 Å². The molecule has 1 aliphatic carbocycles.